The molecule has 7 heteroatoms. The number of benzene rings is 2. The number of halogens is 2. The molecule has 0 bridgehead atoms. The van der Waals surface area contributed by atoms with E-state index in [1.165, 1.54) is 6.07 Å². The average molecular weight is 481 g/mol. The molecule has 1 aliphatic rings. The van der Waals surface area contributed by atoms with Crippen LogP contribution < -0.4 is 4.90 Å². The molecule has 1 fully saturated rings. The molecule has 0 saturated carbocycles. The fourth-order valence-electron chi connectivity index (χ4n) is 4.32. The molecule has 5 nitrogen and oxygen atoms in total. The van der Waals surface area contributed by atoms with Crippen LogP contribution in [0.4, 0.5) is 10.2 Å². The molecule has 178 valence electrons. The van der Waals surface area contributed by atoms with Gasteiger partial charge in [0.2, 0.25) is 0 Å². The lowest BCUT2D eigenvalue weighted by Crippen LogP contribution is -2.49. The van der Waals surface area contributed by atoms with Gasteiger partial charge in [-0.2, -0.15) is 0 Å². The van der Waals surface area contributed by atoms with Gasteiger partial charge in [0.25, 0.3) is 5.91 Å². The molecule has 0 radical (unpaired) electrons. The summed E-state index contributed by atoms with van der Waals surface area (Å²) in [4.78, 5) is 26.7. The Morgan fingerprint density at radius 1 is 1.03 bits per heavy atom. The maximum atomic E-state index is 14.5. The van der Waals surface area contributed by atoms with Gasteiger partial charge in [-0.15, -0.1) is 0 Å². The van der Waals surface area contributed by atoms with Crippen molar-refractivity contribution >= 4 is 23.3 Å². The molecule has 3 aromatic rings. The highest BCUT2D eigenvalue weighted by Crippen LogP contribution is 2.27. The maximum Gasteiger partial charge on any atom is 0.255 e. The first-order valence-corrected chi connectivity index (χ1v) is 12.1. The smallest absolute Gasteiger partial charge is 0.255 e. The van der Waals surface area contributed by atoms with E-state index < -0.39 is 0 Å². The topological polar surface area (TPSA) is 49.3 Å². The van der Waals surface area contributed by atoms with Crippen molar-refractivity contribution in [1.29, 1.82) is 0 Å². The lowest BCUT2D eigenvalue weighted by atomic mass is 10.0. The lowest BCUT2D eigenvalue weighted by Gasteiger charge is -2.36. The van der Waals surface area contributed by atoms with Gasteiger partial charge in [0, 0.05) is 50.3 Å². The minimum atomic E-state index is -0.228. The molecule has 0 N–H and O–H groups in total. The van der Waals surface area contributed by atoms with Gasteiger partial charge in [0.1, 0.15) is 17.5 Å². The SMILES string of the molecule is Cc1nc(CC(C)C)nc(N2CCN(C(=O)c3ccccc3Cl)CC2)c1Cc1ccccc1F. The van der Waals surface area contributed by atoms with Crippen LogP contribution in [-0.4, -0.2) is 47.0 Å². The number of amides is 1. The number of piperazine rings is 1. The number of aromatic nitrogens is 2. The van der Waals surface area contributed by atoms with Gasteiger partial charge < -0.3 is 9.80 Å². The number of anilines is 1. The van der Waals surface area contributed by atoms with E-state index in [1.807, 2.05) is 30.0 Å². The van der Waals surface area contributed by atoms with Crippen molar-refractivity contribution in [3.63, 3.8) is 0 Å². The Labute approximate surface area is 205 Å². The summed E-state index contributed by atoms with van der Waals surface area (Å²) in [6.45, 7) is 8.66. The average Bonchev–Trinajstić information content (AvgIpc) is 2.81. The summed E-state index contributed by atoms with van der Waals surface area (Å²) in [6.07, 6.45) is 1.20. The Kier molecular flexibility index (Phi) is 7.47. The van der Waals surface area contributed by atoms with Crippen molar-refractivity contribution in [2.45, 2.75) is 33.6 Å². The molecule has 34 heavy (non-hydrogen) atoms. The molecular weight excluding hydrogens is 451 g/mol. The Morgan fingerprint density at radius 3 is 2.38 bits per heavy atom. The molecule has 1 saturated heterocycles. The Morgan fingerprint density at radius 2 is 1.71 bits per heavy atom. The van der Waals surface area contributed by atoms with Crippen molar-refractivity contribution in [2.24, 2.45) is 5.92 Å². The van der Waals surface area contributed by atoms with E-state index in [4.69, 9.17) is 21.6 Å². The molecule has 0 unspecified atom stereocenters. The third-order valence-electron chi connectivity index (χ3n) is 6.12. The van der Waals surface area contributed by atoms with E-state index in [0.29, 0.717) is 54.7 Å². The minimum absolute atomic E-state index is 0.0591. The molecule has 2 heterocycles. The number of carbonyl (C=O) groups excluding carboxylic acids is 1. The summed E-state index contributed by atoms with van der Waals surface area (Å²) in [6, 6.07) is 14.0. The highest BCUT2D eigenvalue weighted by Gasteiger charge is 2.27. The maximum absolute atomic E-state index is 14.5. The summed E-state index contributed by atoms with van der Waals surface area (Å²) >= 11 is 6.24. The Balaban J connectivity index is 1.60. The minimum Gasteiger partial charge on any atom is -0.353 e. The summed E-state index contributed by atoms with van der Waals surface area (Å²) in [5.74, 6) is 1.78. The molecule has 1 aromatic heterocycles. The molecule has 4 rings (SSSR count). The number of nitrogens with zero attached hydrogens (tertiary/aromatic N) is 4. The standard InChI is InChI=1S/C27H30ClFN4O/c1-18(2)16-25-30-19(3)22(17-20-8-4-7-11-24(20)29)26(31-25)32-12-14-33(15-13-32)27(34)21-9-5-6-10-23(21)28/h4-11,18H,12-17H2,1-3H3. The highest BCUT2D eigenvalue weighted by molar-refractivity contribution is 6.33. The van der Waals surface area contributed by atoms with Crippen molar-refractivity contribution in [2.75, 3.05) is 31.1 Å². The molecule has 0 spiro atoms. The zero-order valence-corrected chi connectivity index (χ0v) is 20.6. The van der Waals surface area contributed by atoms with Crippen molar-refractivity contribution < 1.29 is 9.18 Å². The summed E-state index contributed by atoms with van der Waals surface area (Å²) in [5.41, 5.74) is 2.96. The van der Waals surface area contributed by atoms with Crippen LogP contribution >= 0.6 is 11.6 Å². The predicted octanol–water partition coefficient (Wildman–Crippen LogP) is 5.33. The number of rotatable bonds is 6. The van der Waals surface area contributed by atoms with Crippen LogP contribution in [0.5, 0.6) is 0 Å². The number of hydrogen-bond donors (Lipinski definition) is 0. The fraction of sp³-hybridized carbons (Fsp3) is 0.370. The fourth-order valence-corrected chi connectivity index (χ4v) is 4.54. The van der Waals surface area contributed by atoms with Gasteiger partial charge in [0.05, 0.1) is 10.6 Å². The van der Waals surface area contributed by atoms with Gasteiger partial charge in [-0.3, -0.25) is 4.79 Å². The quantitative estimate of drug-likeness (QED) is 0.478. The molecule has 1 amide bonds. The second-order valence-corrected chi connectivity index (χ2v) is 9.56. The lowest BCUT2D eigenvalue weighted by molar-refractivity contribution is 0.0746. The number of carbonyl (C=O) groups is 1. The molecule has 0 atom stereocenters. The van der Waals surface area contributed by atoms with Crippen LogP contribution in [0.3, 0.4) is 0 Å². The van der Waals surface area contributed by atoms with E-state index in [-0.39, 0.29) is 11.7 Å². The van der Waals surface area contributed by atoms with Crippen molar-refractivity contribution in [1.82, 2.24) is 14.9 Å². The van der Waals surface area contributed by atoms with Gasteiger partial charge in [-0.1, -0.05) is 55.8 Å². The highest BCUT2D eigenvalue weighted by atomic mass is 35.5. The zero-order valence-electron chi connectivity index (χ0n) is 19.9. The van der Waals surface area contributed by atoms with E-state index in [0.717, 1.165) is 29.3 Å². The van der Waals surface area contributed by atoms with Crippen LogP contribution in [0.15, 0.2) is 48.5 Å². The normalized spacial score (nSPS) is 14.1. The van der Waals surface area contributed by atoms with E-state index in [9.17, 15) is 9.18 Å². The van der Waals surface area contributed by atoms with Crippen LogP contribution in [-0.2, 0) is 12.8 Å². The third kappa shape index (κ3) is 5.39. The summed E-state index contributed by atoms with van der Waals surface area (Å²) < 4.78 is 14.5. The van der Waals surface area contributed by atoms with Gasteiger partial charge >= 0.3 is 0 Å². The number of aryl methyl sites for hydroxylation is 1. The van der Waals surface area contributed by atoms with Gasteiger partial charge in [-0.25, -0.2) is 14.4 Å². The third-order valence-corrected chi connectivity index (χ3v) is 6.45. The summed E-state index contributed by atoms with van der Waals surface area (Å²) in [5, 5.41) is 0.465. The monoisotopic (exact) mass is 480 g/mol. The molecule has 0 aliphatic carbocycles. The van der Waals surface area contributed by atoms with Crippen molar-refractivity contribution in [3.05, 3.63) is 87.6 Å². The molecule has 2 aromatic carbocycles. The van der Waals surface area contributed by atoms with Crippen LogP contribution in [0, 0.1) is 18.7 Å². The Bertz CT molecular complexity index is 1180. The summed E-state index contributed by atoms with van der Waals surface area (Å²) in [7, 11) is 0. The molecular formula is C27H30ClFN4O. The van der Waals surface area contributed by atoms with E-state index in [2.05, 4.69) is 18.7 Å². The first-order valence-electron chi connectivity index (χ1n) is 11.7. The predicted molar refractivity (Wildman–Crippen MR) is 134 cm³/mol. The zero-order chi connectivity index (χ0) is 24.2. The van der Waals surface area contributed by atoms with Crippen molar-refractivity contribution in [3.8, 4) is 0 Å². The Hall–Kier alpha value is -2.99. The second kappa shape index (κ2) is 10.5. The first-order chi connectivity index (χ1) is 16.3. The van der Waals surface area contributed by atoms with E-state index >= 15 is 0 Å². The van der Waals surface area contributed by atoms with Crippen LogP contribution in [0.25, 0.3) is 0 Å². The molecule has 1 aliphatic heterocycles. The van der Waals surface area contributed by atoms with Crippen LogP contribution in [0.2, 0.25) is 5.02 Å². The van der Waals surface area contributed by atoms with E-state index in [1.54, 1.807) is 24.3 Å². The van der Waals surface area contributed by atoms with Gasteiger partial charge in [-0.05, 0) is 36.6 Å². The van der Waals surface area contributed by atoms with Crippen LogP contribution in [0.1, 0.15) is 46.9 Å². The van der Waals surface area contributed by atoms with Gasteiger partial charge in [0.15, 0.2) is 0 Å². The first kappa shape index (κ1) is 24.1. The largest absolute Gasteiger partial charge is 0.353 e. The second-order valence-electron chi connectivity index (χ2n) is 9.15. The number of hydrogen-bond acceptors (Lipinski definition) is 4.